The van der Waals surface area contributed by atoms with Gasteiger partial charge in [-0.15, -0.1) is 0 Å². The van der Waals surface area contributed by atoms with Gasteiger partial charge in [-0.25, -0.2) is 18.0 Å². The molecule has 116 valence electrons. The predicted molar refractivity (Wildman–Crippen MR) is 68.5 cm³/mol. The van der Waals surface area contributed by atoms with Gasteiger partial charge in [-0.2, -0.15) is 0 Å². The van der Waals surface area contributed by atoms with Gasteiger partial charge < -0.3 is 15.0 Å². The maximum atomic E-state index is 13.6. The molecule has 0 saturated carbocycles. The van der Waals surface area contributed by atoms with Crippen LogP contribution in [0.1, 0.15) is 18.5 Å². The summed E-state index contributed by atoms with van der Waals surface area (Å²) in [6.07, 6.45) is 2.44. The van der Waals surface area contributed by atoms with E-state index in [4.69, 9.17) is 0 Å². The number of rotatable bonds is 3. The number of hydrogen-bond acceptors (Lipinski definition) is 3. The molecule has 1 aromatic heterocycles. The fourth-order valence-electron chi connectivity index (χ4n) is 2.04. The van der Waals surface area contributed by atoms with Crippen molar-refractivity contribution in [2.45, 2.75) is 24.9 Å². The van der Waals surface area contributed by atoms with Crippen LogP contribution in [0.2, 0.25) is 0 Å². The highest BCUT2D eigenvalue weighted by molar-refractivity contribution is 5.75. The molecule has 0 spiro atoms. The number of nitrogens with one attached hydrogen (secondary N) is 1. The molecule has 5 nitrogen and oxygen atoms in total. The number of nitrogens with zero attached hydrogens (tertiary/aromatic N) is 2. The Bertz CT molecular complexity index is 527. The maximum absolute atomic E-state index is 13.6. The van der Waals surface area contributed by atoms with Crippen LogP contribution in [0.4, 0.5) is 18.0 Å². The van der Waals surface area contributed by atoms with Crippen molar-refractivity contribution >= 4 is 6.03 Å². The molecule has 0 radical (unpaired) electrons. The van der Waals surface area contributed by atoms with Crippen molar-refractivity contribution in [1.29, 1.82) is 0 Å². The highest BCUT2D eigenvalue weighted by atomic mass is 19.3. The average Bonchev–Trinajstić information content (AvgIpc) is 2.77. The van der Waals surface area contributed by atoms with E-state index in [9.17, 15) is 18.0 Å². The number of urea groups is 1. The molecular formula is C13H16F3N3O2. The molecular weight excluding hydrogens is 287 g/mol. The lowest BCUT2D eigenvalue weighted by atomic mass is 10.1. The second-order valence-corrected chi connectivity index (χ2v) is 4.96. The summed E-state index contributed by atoms with van der Waals surface area (Å²) < 4.78 is 45.1. The van der Waals surface area contributed by atoms with Crippen molar-refractivity contribution < 1.29 is 22.7 Å². The zero-order chi connectivity index (χ0) is 15.6. The van der Waals surface area contributed by atoms with Crippen LogP contribution in [0.3, 0.4) is 0 Å². The average molecular weight is 303 g/mol. The number of amides is 2. The van der Waals surface area contributed by atoms with Gasteiger partial charge in [0.2, 0.25) is 0 Å². The largest absolute Gasteiger partial charge is 0.373 e. The molecule has 2 rings (SSSR count). The molecule has 2 atom stereocenters. The first-order chi connectivity index (χ1) is 9.83. The Kier molecular flexibility index (Phi) is 4.36. The quantitative estimate of drug-likeness (QED) is 0.928. The highest BCUT2D eigenvalue weighted by Gasteiger charge is 2.46. The Morgan fingerprint density at radius 3 is 2.90 bits per heavy atom. The smallest absolute Gasteiger partial charge is 0.318 e. The summed E-state index contributed by atoms with van der Waals surface area (Å²) in [5.74, 6) is -3.65. The van der Waals surface area contributed by atoms with Gasteiger partial charge in [0, 0.05) is 18.8 Å². The topological polar surface area (TPSA) is 54.5 Å². The minimum absolute atomic E-state index is 0.245. The maximum Gasteiger partial charge on any atom is 0.318 e. The second kappa shape index (κ2) is 5.88. The number of alkyl halides is 2. The summed E-state index contributed by atoms with van der Waals surface area (Å²) in [4.78, 5) is 16.8. The third-order valence-electron chi connectivity index (χ3n) is 3.54. The van der Waals surface area contributed by atoms with E-state index < -0.39 is 36.5 Å². The van der Waals surface area contributed by atoms with Crippen LogP contribution in [0, 0.1) is 5.82 Å². The molecule has 0 bridgehead atoms. The number of halogens is 3. The Labute approximate surface area is 120 Å². The molecule has 0 aliphatic carbocycles. The first kappa shape index (κ1) is 15.6. The van der Waals surface area contributed by atoms with E-state index in [1.165, 1.54) is 19.3 Å². The molecule has 2 unspecified atom stereocenters. The molecule has 1 N–H and O–H groups in total. The van der Waals surface area contributed by atoms with Crippen LogP contribution in [-0.2, 0) is 4.74 Å². The lowest BCUT2D eigenvalue weighted by Gasteiger charge is -2.28. The van der Waals surface area contributed by atoms with E-state index in [1.807, 2.05) is 0 Å². The SMILES string of the molecule is CC(c1ccncc1F)N(C)C(=O)NC1COCC1(F)F. The molecule has 1 saturated heterocycles. The van der Waals surface area contributed by atoms with Crippen molar-refractivity contribution in [2.75, 3.05) is 20.3 Å². The molecule has 2 heterocycles. The Balaban J connectivity index is 2.04. The molecule has 8 heteroatoms. The van der Waals surface area contributed by atoms with E-state index in [0.717, 1.165) is 11.1 Å². The van der Waals surface area contributed by atoms with Gasteiger partial charge in [-0.1, -0.05) is 0 Å². The third kappa shape index (κ3) is 3.26. The van der Waals surface area contributed by atoms with Gasteiger partial charge in [0.15, 0.2) is 0 Å². The first-order valence-corrected chi connectivity index (χ1v) is 6.41. The Hall–Kier alpha value is -1.83. The molecule has 1 aliphatic heterocycles. The van der Waals surface area contributed by atoms with E-state index in [1.54, 1.807) is 6.92 Å². The predicted octanol–water partition coefficient (Wildman–Crippen LogP) is 1.96. The molecule has 1 aliphatic rings. The standard InChI is InChI=1S/C13H16F3N3O2/c1-8(9-3-4-17-5-10(9)14)19(2)12(20)18-11-6-21-7-13(11,15)16/h3-5,8,11H,6-7H2,1-2H3,(H,18,20). The van der Waals surface area contributed by atoms with Gasteiger partial charge in [0.05, 0.1) is 18.8 Å². The summed E-state index contributed by atoms with van der Waals surface area (Å²) in [6.45, 7) is 0.641. The Morgan fingerprint density at radius 1 is 1.62 bits per heavy atom. The van der Waals surface area contributed by atoms with Gasteiger partial charge in [-0.05, 0) is 13.0 Å². The van der Waals surface area contributed by atoms with E-state index >= 15 is 0 Å². The monoisotopic (exact) mass is 303 g/mol. The lowest BCUT2D eigenvalue weighted by molar-refractivity contribution is -0.0223. The van der Waals surface area contributed by atoms with E-state index in [2.05, 4.69) is 15.0 Å². The normalized spacial score (nSPS) is 21.9. The minimum Gasteiger partial charge on any atom is -0.373 e. The van der Waals surface area contributed by atoms with Crippen LogP contribution < -0.4 is 5.32 Å². The van der Waals surface area contributed by atoms with Crippen molar-refractivity contribution in [3.63, 3.8) is 0 Å². The summed E-state index contributed by atoms with van der Waals surface area (Å²) >= 11 is 0. The van der Waals surface area contributed by atoms with Crippen molar-refractivity contribution in [2.24, 2.45) is 0 Å². The minimum atomic E-state index is -3.10. The number of hydrogen-bond donors (Lipinski definition) is 1. The fraction of sp³-hybridized carbons (Fsp3) is 0.538. The van der Waals surface area contributed by atoms with E-state index in [0.29, 0.717) is 0 Å². The van der Waals surface area contributed by atoms with Crippen molar-refractivity contribution in [3.8, 4) is 0 Å². The summed E-state index contributed by atoms with van der Waals surface area (Å²) in [5, 5.41) is 2.21. The lowest BCUT2D eigenvalue weighted by Crippen LogP contribution is -2.51. The number of aromatic nitrogens is 1. The highest BCUT2D eigenvalue weighted by Crippen LogP contribution is 2.26. The van der Waals surface area contributed by atoms with Crippen molar-refractivity contribution in [3.05, 3.63) is 29.8 Å². The number of carbonyl (C=O) groups excluding carboxylic acids is 1. The zero-order valence-corrected chi connectivity index (χ0v) is 11.6. The zero-order valence-electron chi connectivity index (χ0n) is 11.6. The summed E-state index contributed by atoms with van der Waals surface area (Å²) in [7, 11) is 1.41. The molecule has 1 aromatic rings. The number of ether oxygens (including phenoxy) is 1. The van der Waals surface area contributed by atoms with E-state index in [-0.39, 0.29) is 12.2 Å². The first-order valence-electron chi connectivity index (χ1n) is 6.41. The van der Waals surface area contributed by atoms with Crippen molar-refractivity contribution in [1.82, 2.24) is 15.2 Å². The van der Waals surface area contributed by atoms with Gasteiger partial charge in [-0.3, -0.25) is 4.98 Å². The van der Waals surface area contributed by atoms with Crippen LogP contribution in [0.25, 0.3) is 0 Å². The molecule has 0 aromatic carbocycles. The van der Waals surface area contributed by atoms with Gasteiger partial charge >= 0.3 is 6.03 Å². The summed E-state index contributed by atoms with van der Waals surface area (Å²) in [6, 6.07) is -1.27. The summed E-state index contributed by atoms with van der Waals surface area (Å²) in [5.41, 5.74) is 0.261. The van der Waals surface area contributed by atoms with Crippen LogP contribution in [0.5, 0.6) is 0 Å². The molecule has 21 heavy (non-hydrogen) atoms. The van der Waals surface area contributed by atoms with Gasteiger partial charge in [0.25, 0.3) is 5.92 Å². The van der Waals surface area contributed by atoms with Crippen LogP contribution in [0.15, 0.2) is 18.5 Å². The van der Waals surface area contributed by atoms with Crippen LogP contribution >= 0.6 is 0 Å². The van der Waals surface area contributed by atoms with Crippen LogP contribution in [-0.4, -0.2) is 48.1 Å². The fourth-order valence-corrected chi connectivity index (χ4v) is 2.04. The third-order valence-corrected chi connectivity index (χ3v) is 3.54. The molecule has 1 fully saturated rings. The second-order valence-electron chi connectivity index (χ2n) is 4.96. The number of carbonyl (C=O) groups is 1. The number of pyridine rings is 1. The Morgan fingerprint density at radius 2 is 2.33 bits per heavy atom. The van der Waals surface area contributed by atoms with Gasteiger partial charge in [0.1, 0.15) is 18.5 Å². The molecule has 2 amide bonds.